The molecule has 0 bridgehead atoms. The molecule has 0 radical (unpaired) electrons. The largest absolute Gasteiger partial charge is 0.493 e. The molecule has 0 spiro atoms. The molecule has 1 aromatic heterocycles. The van der Waals surface area contributed by atoms with Gasteiger partial charge in [0.2, 0.25) is 0 Å². The first-order valence-corrected chi connectivity index (χ1v) is 15.6. The second-order valence-electron chi connectivity index (χ2n) is 9.74. The van der Waals surface area contributed by atoms with Gasteiger partial charge in [-0.25, -0.2) is 9.79 Å². The van der Waals surface area contributed by atoms with Gasteiger partial charge in [0.15, 0.2) is 27.8 Å². The lowest BCUT2D eigenvalue weighted by Gasteiger charge is -2.25. The number of hydrogen-bond acceptors (Lipinski definition) is 10. The molecule has 4 rings (SSSR count). The molecule has 3 aromatic rings. The predicted octanol–water partition coefficient (Wildman–Crippen LogP) is 4.52. The molecule has 1 aliphatic heterocycles. The first-order valence-electron chi connectivity index (χ1n) is 13.7. The van der Waals surface area contributed by atoms with Crippen LogP contribution < -0.4 is 33.8 Å². The molecular formula is C31H33IN2O8S. The number of carbonyl (C=O) groups excluding carboxylic acids is 2. The predicted molar refractivity (Wildman–Crippen MR) is 171 cm³/mol. The normalized spacial score (nSPS) is 14.7. The van der Waals surface area contributed by atoms with Crippen molar-refractivity contribution in [3.05, 3.63) is 76.0 Å². The van der Waals surface area contributed by atoms with Crippen LogP contribution in [0.15, 0.2) is 51.4 Å². The van der Waals surface area contributed by atoms with Gasteiger partial charge < -0.3 is 23.7 Å². The molecule has 2 aromatic carbocycles. The number of thiazole rings is 1. The molecule has 1 atom stereocenters. The average Bonchev–Trinajstić information content (AvgIpc) is 3.23. The van der Waals surface area contributed by atoms with Gasteiger partial charge in [0.25, 0.3) is 5.56 Å². The third-order valence-electron chi connectivity index (χ3n) is 6.26. The van der Waals surface area contributed by atoms with Crippen LogP contribution in [0.25, 0.3) is 6.08 Å². The highest BCUT2D eigenvalue weighted by atomic mass is 127. The second-order valence-corrected chi connectivity index (χ2v) is 11.9. The summed E-state index contributed by atoms with van der Waals surface area (Å²) < 4.78 is 30.5. The highest BCUT2D eigenvalue weighted by Gasteiger charge is 2.34. The van der Waals surface area contributed by atoms with Crippen molar-refractivity contribution >= 4 is 51.9 Å². The van der Waals surface area contributed by atoms with Crippen molar-refractivity contribution in [1.82, 2.24) is 4.57 Å². The number of esters is 2. The van der Waals surface area contributed by atoms with Crippen LogP contribution in [-0.4, -0.2) is 42.9 Å². The molecule has 0 saturated heterocycles. The highest BCUT2D eigenvalue weighted by molar-refractivity contribution is 14.1. The summed E-state index contributed by atoms with van der Waals surface area (Å²) >= 11 is 3.27. The van der Waals surface area contributed by atoms with E-state index in [1.807, 2.05) is 26.8 Å². The molecule has 228 valence electrons. The molecule has 0 aliphatic carbocycles. The second kappa shape index (κ2) is 13.8. The van der Waals surface area contributed by atoms with Crippen molar-refractivity contribution in [1.29, 1.82) is 0 Å². The number of nitrogens with zero attached hydrogens (tertiary/aromatic N) is 2. The van der Waals surface area contributed by atoms with Gasteiger partial charge in [-0.2, -0.15) is 0 Å². The summed E-state index contributed by atoms with van der Waals surface area (Å²) in [5.41, 5.74) is 1.69. The van der Waals surface area contributed by atoms with Crippen LogP contribution in [0.5, 0.6) is 23.0 Å². The van der Waals surface area contributed by atoms with E-state index in [1.165, 1.54) is 29.9 Å². The number of allylic oxidation sites excluding steroid dienone is 1. The molecular weight excluding hydrogens is 687 g/mol. The standard InChI is InChI=1S/C31H33IN2O8S/c1-8-39-24-13-19(12-21(32)28(24)42-18(6)35)14-25-29(36)34-27(20-10-11-22(41-16(3)4)23(15-20)38-7)26(30(37)40-9-2)17(5)33-31(34)43-25/h10-16,27H,8-9H2,1-7H3/b25-14+/t27-/m0/s1. The summed E-state index contributed by atoms with van der Waals surface area (Å²) in [4.78, 5) is 44.0. The lowest BCUT2D eigenvalue weighted by atomic mass is 9.95. The Morgan fingerprint density at radius 2 is 1.86 bits per heavy atom. The van der Waals surface area contributed by atoms with E-state index in [4.69, 9.17) is 23.7 Å². The lowest BCUT2D eigenvalue weighted by molar-refractivity contribution is -0.139. The minimum absolute atomic E-state index is 0.0796. The minimum atomic E-state index is -0.815. The van der Waals surface area contributed by atoms with E-state index in [9.17, 15) is 14.4 Å². The minimum Gasteiger partial charge on any atom is -0.493 e. The number of benzene rings is 2. The highest BCUT2D eigenvalue weighted by Crippen LogP contribution is 2.37. The maximum atomic E-state index is 14.1. The maximum Gasteiger partial charge on any atom is 0.338 e. The summed E-state index contributed by atoms with van der Waals surface area (Å²) in [6.07, 6.45) is 1.65. The summed E-state index contributed by atoms with van der Waals surface area (Å²) in [5, 5.41) is 0. The Morgan fingerprint density at radius 1 is 1.12 bits per heavy atom. The SMILES string of the molecule is CCOC(=O)C1=C(C)N=c2s/c(=C/c3cc(I)c(OC(C)=O)c(OCC)c3)c(=O)n2[C@H]1c1ccc(OC(C)C)c(OC)c1. The van der Waals surface area contributed by atoms with Crippen molar-refractivity contribution in [2.45, 2.75) is 53.7 Å². The van der Waals surface area contributed by atoms with E-state index in [0.29, 0.717) is 59.3 Å². The maximum absolute atomic E-state index is 14.1. The molecule has 2 heterocycles. The zero-order valence-electron chi connectivity index (χ0n) is 25.0. The van der Waals surface area contributed by atoms with Crippen LogP contribution in [0.4, 0.5) is 0 Å². The van der Waals surface area contributed by atoms with Crippen molar-refractivity contribution in [2.75, 3.05) is 20.3 Å². The fraction of sp³-hybridized carbons (Fsp3) is 0.355. The Labute approximate surface area is 266 Å². The van der Waals surface area contributed by atoms with Gasteiger partial charge in [-0.1, -0.05) is 17.4 Å². The topological polar surface area (TPSA) is 115 Å². The number of aromatic nitrogens is 1. The summed E-state index contributed by atoms with van der Waals surface area (Å²) in [5.74, 6) is 0.704. The molecule has 0 fully saturated rings. The molecule has 12 heteroatoms. The van der Waals surface area contributed by atoms with Crippen LogP contribution in [0, 0.1) is 3.57 Å². The van der Waals surface area contributed by atoms with Crippen LogP contribution in [-0.2, 0) is 14.3 Å². The zero-order chi connectivity index (χ0) is 31.4. The number of hydrogen-bond donors (Lipinski definition) is 0. The smallest absolute Gasteiger partial charge is 0.338 e. The fourth-order valence-corrected chi connectivity index (χ4v) is 6.42. The van der Waals surface area contributed by atoms with Gasteiger partial charge in [0.05, 0.1) is 51.8 Å². The zero-order valence-corrected chi connectivity index (χ0v) is 28.0. The summed E-state index contributed by atoms with van der Waals surface area (Å²) in [7, 11) is 1.54. The van der Waals surface area contributed by atoms with Crippen LogP contribution in [0.2, 0.25) is 0 Å². The first kappa shape index (κ1) is 32.3. The van der Waals surface area contributed by atoms with Gasteiger partial charge in [0.1, 0.15) is 0 Å². The van der Waals surface area contributed by atoms with E-state index < -0.39 is 18.0 Å². The Kier molecular flexibility index (Phi) is 10.3. The summed E-state index contributed by atoms with van der Waals surface area (Å²) in [6, 6.07) is 8.04. The third-order valence-corrected chi connectivity index (χ3v) is 8.04. The molecule has 43 heavy (non-hydrogen) atoms. The number of rotatable bonds is 10. The molecule has 1 aliphatic rings. The monoisotopic (exact) mass is 720 g/mol. The van der Waals surface area contributed by atoms with Gasteiger partial charge in [0, 0.05) is 6.92 Å². The van der Waals surface area contributed by atoms with Gasteiger partial charge >= 0.3 is 11.9 Å². The molecule has 10 nitrogen and oxygen atoms in total. The Balaban J connectivity index is 1.93. The molecule has 0 saturated carbocycles. The van der Waals surface area contributed by atoms with Crippen molar-refractivity contribution in [3.63, 3.8) is 0 Å². The Bertz CT molecular complexity index is 1770. The number of methoxy groups -OCH3 is 1. The number of fused-ring (bicyclic) bond motifs is 1. The van der Waals surface area contributed by atoms with Gasteiger partial charge in [-0.3, -0.25) is 14.2 Å². The van der Waals surface area contributed by atoms with E-state index in [0.717, 1.165) is 0 Å². The quantitative estimate of drug-likeness (QED) is 0.171. The summed E-state index contributed by atoms with van der Waals surface area (Å²) in [6.45, 7) is 11.0. The van der Waals surface area contributed by atoms with Crippen LogP contribution in [0.1, 0.15) is 58.7 Å². The first-order chi connectivity index (χ1) is 20.5. The van der Waals surface area contributed by atoms with Crippen molar-refractivity contribution < 1.29 is 33.3 Å². The average molecular weight is 721 g/mol. The molecule has 0 amide bonds. The number of halogens is 1. The van der Waals surface area contributed by atoms with Crippen LogP contribution >= 0.6 is 33.9 Å². The van der Waals surface area contributed by atoms with Gasteiger partial charge in [-0.15, -0.1) is 0 Å². The van der Waals surface area contributed by atoms with Gasteiger partial charge in [-0.05, 0) is 98.7 Å². The van der Waals surface area contributed by atoms with Crippen LogP contribution in [0.3, 0.4) is 0 Å². The van der Waals surface area contributed by atoms with E-state index in [-0.39, 0.29) is 23.8 Å². The fourth-order valence-electron chi connectivity index (χ4n) is 4.64. The Morgan fingerprint density at radius 3 is 2.49 bits per heavy atom. The number of ether oxygens (including phenoxy) is 5. The molecule has 0 N–H and O–H groups in total. The third kappa shape index (κ3) is 6.96. The van der Waals surface area contributed by atoms with Crippen molar-refractivity contribution in [3.8, 4) is 23.0 Å². The lowest BCUT2D eigenvalue weighted by Crippen LogP contribution is -2.40. The molecule has 0 unspecified atom stereocenters. The van der Waals surface area contributed by atoms with E-state index in [1.54, 1.807) is 44.2 Å². The van der Waals surface area contributed by atoms with E-state index >= 15 is 0 Å². The Hall–Kier alpha value is -3.65. The number of carbonyl (C=O) groups is 2. The van der Waals surface area contributed by atoms with Crippen molar-refractivity contribution in [2.24, 2.45) is 4.99 Å². The van der Waals surface area contributed by atoms with E-state index in [2.05, 4.69) is 27.6 Å².